The van der Waals surface area contributed by atoms with Gasteiger partial charge in [0.2, 0.25) is 11.8 Å². The van der Waals surface area contributed by atoms with E-state index in [1.165, 1.54) is 0 Å². The van der Waals surface area contributed by atoms with Crippen molar-refractivity contribution in [3.05, 3.63) is 30.0 Å². The van der Waals surface area contributed by atoms with Gasteiger partial charge in [0.15, 0.2) is 5.69 Å². The highest BCUT2D eigenvalue weighted by atomic mass is 16.2. The number of hydrogen-bond donors (Lipinski definition) is 4. The Balaban J connectivity index is 1.50. The summed E-state index contributed by atoms with van der Waals surface area (Å²) in [7, 11) is 0. The molecule has 5 N–H and O–H groups in total. The van der Waals surface area contributed by atoms with Crippen molar-refractivity contribution in [3.63, 3.8) is 0 Å². The summed E-state index contributed by atoms with van der Waals surface area (Å²) in [5.41, 5.74) is 6.87. The summed E-state index contributed by atoms with van der Waals surface area (Å²) in [5, 5.41) is 13.8. The van der Waals surface area contributed by atoms with Crippen LogP contribution in [0.5, 0.6) is 0 Å². The van der Waals surface area contributed by atoms with E-state index in [2.05, 4.69) is 20.8 Å². The van der Waals surface area contributed by atoms with Gasteiger partial charge in [-0.1, -0.05) is 32.0 Å². The zero-order valence-corrected chi connectivity index (χ0v) is 18.8. The topological polar surface area (TPSA) is 133 Å². The van der Waals surface area contributed by atoms with Crippen LogP contribution in [-0.2, 0) is 9.59 Å². The number of carbonyl (C=O) groups is 3. The summed E-state index contributed by atoms with van der Waals surface area (Å²) >= 11 is 0. The van der Waals surface area contributed by atoms with Gasteiger partial charge in [0, 0.05) is 18.0 Å². The van der Waals surface area contributed by atoms with E-state index >= 15 is 0 Å². The van der Waals surface area contributed by atoms with Gasteiger partial charge in [0.05, 0.1) is 17.6 Å². The Morgan fingerprint density at radius 1 is 1.16 bits per heavy atom. The molecule has 1 saturated carbocycles. The lowest BCUT2D eigenvalue weighted by Crippen LogP contribution is -2.58. The van der Waals surface area contributed by atoms with E-state index in [9.17, 15) is 14.4 Å². The van der Waals surface area contributed by atoms with Crippen LogP contribution in [0.3, 0.4) is 0 Å². The maximum Gasteiger partial charge on any atom is 0.272 e. The molecule has 9 heteroatoms. The molecular formula is C23H32N6O3. The number of nitrogens with two attached hydrogens (primary N) is 1. The molecule has 0 radical (unpaired) electrons. The summed E-state index contributed by atoms with van der Waals surface area (Å²) < 4.78 is 0. The molecule has 0 spiro atoms. The van der Waals surface area contributed by atoms with Crippen LogP contribution in [0.1, 0.15) is 50.5 Å². The van der Waals surface area contributed by atoms with E-state index in [1.54, 1.807) is 6.92 Å². The third kappa shape index (κ3) is 4.09. The molecule has 4 rings (SSSR count). The molecule has 1 aromatic carbocycles. The first-order valence-electron chi connectivity index (χ1n) is 11.4. The lowest BCUT2D eigenvalue weighted by Gasteiger charge is -2.34. The Labute approximate surface area is 187 Å². The minimum Gasteiger partial charge on any atom is -0.346 e. The summed E-state index contributed by atoms with van der Waals surface area (Å²) in [6.07, 6.45) is 2.67. The van der Waals surface area contributed by atoms with Crippen molar-refractivity contribution in [2.24, 2.45) is 17.6 Å². The number of benzene rings is 1. The summed E-state index contributed by atoms with van der Waals surface area (Å²) in [6, 6.07) is 5.96. The van der Waals surface area contributed by atoms with Crippen LogP contribution < -0.4 is 16.4 Å². The normalized spacial score (nSPS) is 24.4. The lowest BCUT2D eigenvalue weighted by molar-refractivity contribution is -0.139. The maximum atomic E-state index is 13.5. The number of aromatic nitrogens is 2. The number of aromatic amines is 1. The molecule has 1 aliphatic heterocycles. The fourth-order valence-electron chi connectivity index (χ4n) is 5.07. The van der Waals surface area contributed by atoms with Crippen molar-refractivity contribution < 1.29 is 14.4 Å². The molecule has 2 fully saturated rings. The SMILES string of the molecule is CC(C)[C@H](NC(=O)[C@H](C)N)C(=O)N1CCC2CCC(NC(=O)c3n[nH]c4ccccc34)C21. The Bertz CT molecular complexity index is 1020. The van der Waals surface area contributed by atoms with Crippen molar-refractivity contribution in [1.82, 2.24) is 25.7 Å². The number of likely N-dealkylation sites (tertiary alicyclic amines) is 1. The van der Waals surface area contributed by atoms with Crippen LogP contribution in [0, 0.1) is 11.8 Å². The second-order valence-corrected chi connectivity index (χ2v) is 9.37. The Kier molecular flexibility index (Phi) is 6.19. The number of H-pyrrole nitrogens is 1. The second kappa shape index (κ2) is 8.90. The van der Waals surface area contributed by atoms with Gasteiger partial charge in [-0.05, 0) is 44.1 Å². The van der Waals surface area contributed by atoms with Crippen LogP contribution >= 0.6 is 0 Å². The van der Waals surface area contributed by atoms with Crippen molar-refractivity contribution in [3.8, 4) is 0 Å². The number of nitrogens with zero attached hydrogens (tertiary/aromatic N) is 2. The zero-order chi connectivity index (χ0) is 23.0. The van der Waals surface area contributed by atoms with Gasteiger partial charge < -0.3 is 21.3 Å². The molecule has 1 aliphatic carbocycles. The zero-order valence-electron chi connectivity index (χ0n) is 18.8. The molecule has 1 saturated heterocycles. The van der Waals surface area contributed by atoms with E-state index < -0.39 is 12.1 Å². The van der Waals surface area contributed by atoms with Gasteiger partial charge in [-0.15, -0.1) is 0 Å². The van der Waals surface area contributed by atoms with Crippen molar-refractivity contribution >= 4 is 28.6 Å². The van der Waals surface area contributed by atoms with Crippen molar-refractivity contribution in [2.75, 3.05) is 6.54 Å². The summed E-state index contributed by atoms with van der Waals surface area (Å²) in [6.45, 7) is 6.05. The van der Waals surface area contributed by atoms with Crippen LogP contribution in [0.15, 0.2) is 24.3 Å². The fraction of sp³-hybridized carbons (Fsp3) is 0.565. The van der Waals surface area contributed by atoms with Crippen LogP contribution in [0.2, 0.25) is 0 Å². The Morgan fingerprint density at radius 3 is 2.62 bits per heavy atom. The molecule has 5 atom stereocenters. The van der Waals surface area contributed by atoms with Gasteiger partial charge in [-0.2, -0.15) is 5.10 Å². The Hall–Kier alpha value is -2.94. The molecule has 3 unspecified atom stereocenters. The first-order valence-corrected chi connectivity index (χ1v) is 11.4. The summed E-state index contributed by atoms with van der Waals surface area (Å²) in [4.78, 5) is 40.5. The largest absolute Gasteiger partial charge is 0.346 e. The Morgan fingerprint density at radius 2 is 1.91 bits per heavy atom. The molecule has 1 aromatic heterocycles. The molecule has 3 amide bonds. The third-order valence-corrected chi connectivity index (χ3v) is 6.77. The molecule has 9 nitrogen and oxygen atoms in total. The van der Waals surface area contributed by atoms with Gasteiger partial charge in [-0.3, -0.25) is 19.5 Å². The van der Waals surface area contributed by atoms with Crippen LogP contribution in [-0.4, -0.2) is 63.5 Å². The molecule has 2 heterocycles. The van der Waals surface area contributed by atoms with Gasteiger partial charge in [0.25, 0.3) is 5.91 Å². The number of para-hydroxylation sites is 1. The van der Waals surface area contributed by atoms with Gasteiger partial charge in [-0.25, -0.2) is 0 Å². The average molecular weight is 441 g/mol. The van der Waals surface area contributed by atoms with E-state index in [4.69, 9.17) is 5.73 Å². The van der Waals surface area contributed by atoms with E-state index in [0.717, 1.165) is 30.2 Å². The predicted molar refractivity (Wildman–Crippen MR) is 121 cm³/mol. The minimum absolute atomic E-state index is 0.0749. The average Bonchev–Trinajstić information content (AvgIpc) is 3.46. The van der Waals surface area contributed by atoms with Gasteiger partial charge >= 0.3 is 0 Å². The standard InChI is InChI=1S/C23H32N6O3/c1-12(2)18(26-21(30)13(3)24)23(32)29-11-10-14-8-9-17(20(14)29)25-22(31)19-15-6-4-5-7-16(15)27-28-19/h4-7,12-14,17-18,20H,8-11,24H2,1-3H3,(H,25,31)(H,26,30)(H,27,28)/t13-,14?,17?,18-,20?/m0/s1. The number of amides is 3. The van der Waals surface area contributed by atoms with E-state index in [1.807, 2.05) is 43.0 Å². The second-order valence-electron chi connectivity index (χ2n) is 9.37. The lowest BCUT2D eigenvalue weighted by atomic mass is 9.99. The highest BCUT2D eigenvalue weighted by Gasteiger charge is 2.48. The highest BCUT2D eigenvalue weighted by Crippen LogP contribution is 2.39. The highest BCUT2D eigenvalue weighted by molar-refractivity contribution is 6.04. The molecule has 172 valence electrons. The van der Waals surface area contributed by atoms with E-state index in [0.29, 0.717) is 18.2 Å². The molecule has 32 heavy (non-hydrogen) atoms. The smallest absolute Gasteiger partial charge is 0.272 e. The van der Waals surface area contributed by atoms with Crippen LogP contribution in [0.4, 0.5) is 0 Å². The molecular weight excluding hydrogens is 408 g/mol. The van der Waals surface area contributed by atoms with E-state index in [-0.39, 0.29) is 35.7 Å². The molecule has 2 aromatic rings. The molecule has 0 bridgehead atoms. The van der Waals surface area contributed by atoms with Gasteiger partial charge in [0.1, 0.15) is 6.04 Å². The predicted octanol–water partition coefficient (Wildman–Crippen LogP) is 1.16. The quantitative estimate of drug-likeness (QED) is 0.535. The van der Waals surface area contributed by atoms with Crippen LogP contribution in [0.25, 0.3) is 10.9 Å². The number of rotatable bonds is 6. The number of hydrogen-bond acceptors (Lipinski definition) is 5. The van der Waals surface area contributed by atoms with Crippen molar-refractivity contribution in [2.45, 2.75) is 64.2 Å². The van der Waals surface area contributed by atoms with Crippen molar-refractivity contribution in [1.29, 1.82) is 0 Å². The first kappa shape index (κ1) is 22.3. The third-order valence-electron chi connectivity index (χ3n) is 6.77. The summed E-state index contributed by atoms with van der Waals surface area (Å²) in [5.74, 6) is -0.411. The fourth-order valence-corrected chi connectivity index (χ4v) is 5.07. The number of fused-ring (bicyclic) bond motifs is 2. The molecule has 2 aliphatic rings. The number of carbonyl (C=O) groups excluding carboxylic acids is 3. The maximum absolute atomic E-state index is 13.5. The number of nitrogens with one attached hydrogen (secondary N) is 3. The first-order chi connectivity index (χ1) is 15.3. The minimum atomic E-state index is -0.683. The monoisotopic (exact) mass is 440 g/mol.